The normalized spacial score (nSPS) is 12.3. The van der Waals surface area contributed by atoms with E-state index in [1.807, 2.05) is 24.3 Å². The van der Waals surface area contributed by atoms with Crippen molar-refractivity contribution in [2.24, 2.45) is 5.73 Å². The molecule has 0 fully saturated rings. The summed E-state index contributed by atoms with van der Waals surface area (Å²) in [6, 6.07) is 13.8. The number of phenolic OH excluding ortho intramolecular Hbond substituents is 2. The number of aromatic hydroxyl groups is 2. The molecule has 0 heterocycles. The van der Waals surface area contributed by atoms with Gasteiger partial charge in [-0.15, -0.1) is 0 Å². The van der Waals surface area contributed by atoms with Crippen molar-refractivity contribution >= 4 is 0 Å². The highest BCUT2D eigenvalue weighted by Crippen LogP contribution is 2.19. The molecule has 0 bridgehead atoms. The molecule has 4 N–H and O–H groups in total. The van der Waals surface area contributed by atoms with Crippen LogP contribution in [0.2, 0.25) is 0 Å². The first kappa shape index (κ1) is 11.5. The Kier molecular flexibility index (Phi) is 3.30. The maximum absolute atomic E-state index is 9.19. The highest BCUT2D eigenvalue weighted by molar-refractivity contribution is 5.31. The monoisotopic (exact) mass is 229 g/mol. The Morgan fingerprint density at radius 1 is 0.824 bits per heavy atom. The van der Waals surface area contributed by atoms with Crippen LogP contribution in [0.15, 0.2) is 48.5 Å². The molecular weight excluding hydrogens is 214 g/mol. The Morgan fingerprint density at radius 2 is 1.29 bits per heavy atom. The van der Waals surface area contributed by atoms with Crippen LogP contribution in [0.5, 0.6) is 11.5 Å². The molecule has 0 aliphatic heterocycles. The van der Waals surface area contributed by atoms with Gasteiger partial charge in [0, 0.05) is 6.04 Å². The second kappa shape index (κ2) is 4.89. The van der Waals surface area contributed by atoms with E-state index in [0.717, 1.165) is 11.1 Å². The van der Waals surface area contributed by atoms with Gasteiger partial charge in [0.2, 0.25) is 0 Å². The molecule has 0 amide bonds. The van der Waals surface area contributed by atoms with Crippen LogP contribution in [0.4, 0.5) is 0 Å². The summed E-state index contributed by atoms with van der Waals surface area (Å²) in [6.07, 6.45) is 0.699. The fourth-order valence-electron chi connectivity index (χ4n) is 1.73. The van der Waals surface area contributed by atoms with Gasteiger partial charge in [0.05, 0.1) is 0 Å². The number of phenols is 2. The molecule has 0 aliphatic rings. The van der Waals surface area contributed by atoms with Crippen molar-refractivity contribution in [1.29, 1.82) is 0 Å². The topological polar surface area (TPSA) is 66.5 Å². The summed E-state index contributed by atoms with van der Waals surface area (Å²) in [7, 11) is 0. The van der Waals surface area contributed by atoms with E-state index in [1.165, 1.54) is 0 Å². The Hall–Kier alpha value is -2.00. The van der Waals surface area contributed by atoms with Gasteiger partial charge >= 0.3 is 0 Å². The first-order valence-electron chi connectivity index (χ1n) is 5.47. The largest absolute Gasteiger partial charge is 0.508 e. The predicted octanol–water partition coefficient (Wildman–Crippen LogP) is 2.34. The molecular formula is C14H15NO2. The van der Waals surface area contributed by atoms with Crippen molar-refractivity contribution in [3.63, 3.8) is 0 Å². The van der Waals surface area contributed by atoms with E-state index >= 15 is 0 Å². The molecule has 2 aromatic carbocycles. The van der Waals surface area contributed by atoms with Crippen LogP contribution >= 0.6 is 0 Å². The molecule has 0 aliphatic carbocycles. The quantitative estimate of drug-likeness (QED) is 0.756. The van der Waals surface area contributed by atoms with E-state index in [2.05, 4.69) is 0 Å². The Balaban J connectivity index is 2.08. The number of nitrogens with two attached hydrogens (primary N) is 1. The number of rotatable bonds is 3. The molecule has 1 atom stereocenters. The fraction of sp³-hybridized carbons (Fsp3) is 0.143. The molecule has 0 spiro atoms. The van der Waals surface area contributed by atoms with Crippen LogP contribution in [0.1, 0.15) is 17.2 Å². The van der Waals surface area contributed by atoms with Gasteiger partial charge in [-0.05, 0) is 41.8 Å². The van der Waals surface area contributed by atoms with Crippen LogP contribution in [0.3, 0.4) is 0 Å². The maximum Gasteiger partial charge on any atom is 0.115 e. The van der Waals surface area contributed by atoms with E-state index in [0.29, 0.717) is 6.42 Å². The third-order valence-corrected chi connectivity index (χ3v) is 2.71. The lowest BCUT2D eigenvalue weighted by Crippen LogP contribution is -2.13. The summed E-state index contributed by atoms with van der Waals surface area (Å²) in [6.45, 7) is 0. The average molecular weight is 229 g/mol. The van der Waals surface area contributed by atoms with Crippen molar-refractivity contribution in [2.45, 2.75) is 12.5 Å². The molecule has 3 heteroatoms. The SMILES string of the molecule is N[C@H](Cc1ccc(O)cc1)c1ccc(O)cc1. The van der Waals surface area contributed by atoms with Crippen molar-refractivity contribution < 1.29 is 10.2 Å². The second-order valence-corrected chi connectivity index (χ2v) is 4.07. The number of benzene rings is 2. The highest BCUT2D eigenvalue weighted by Gasteiger charge is 2.07. The van der Waals surface area contributed by atoms with Crippen molar-refractivity contribution in [3.8, 4) is 11.5 Å². The second-order valence-electron chi connectivity index (χ2n) is 4.07. The molecule has 0 unspecified atom stereocenters. The van der Waals surface area contributed by atoms with Crippen molar-refractivity contribution in [3.05, 3.63) is 59.7 Å². The summed E-state index contributed by atoms with van der Waals surface area (Å²) in [5.41, 5.74) is 8.13. The number of hydrogen-bond acceptors (Lipinski definition) is 3. The van der Waals surface area contributed by atoms with Gasteiger partial charge in [0.15, 0.2) is 0 Å². The van der Waals surface area contributed by atoms with Gasteiger partial charge in [0.1, 0.15) is 11.5 Å². The third kappa shape index (κ3) is 2.98. The number of hydrogen-bond donors (Lipinski definition) is 3. The minimum atomic E-state index is -0.111. The van der Waals surface area contributed by atoms with Crippen molar-refractivity contribution in [2.75, 3.05) is 0 Å². The average Bonchev–Trinajstić information content (AvgIpc) is 2.33. The lowest BCUT2D eigenvalue weighted by Gasteiger charge is -2.12. The Labute approximate surface area is 100 Å². The summed E-state index contributed by atoms with van der Waals surface area (Å²) in [5.74, 6) is 0.498. The molecule has 0 saturated carbocycles. The van der Waals surface area contributed by atoms with E-state index in [4.69, 9.17) is 5.73 Å². The lowest BCUT2D eigenvalue weighted by molar-refractivity contribution is 0.474. The first-order valence-corrected chi connectivity index (χ1v) is 5.47. The molecule has 17 heavy (non-hydrogen) atoms. The highest BCUT2D eigenvalue weighted by atomic mass is 16.3. The van der Waals surface area contributed by atoms with E-state index < -0.39 is 0 Å². The summed E-state index contributed by atoms with van der Waals surface area (Å²) >= 11 is 0. The third-order valence-electron chi connectivity index (χ3n) is 2.71. The summed E-state index contributed by atoms with van der Waals surface area (Å²) < 4.78 is 0. The van der Waals surface area contributed by atoms with Crippen LogP contribution in [-0.2, 0) is 6.42 Å². The molecule has 2 rings (SSSR count). The molecule has 0 aromatic heterocycles. The zero-order valence-electron chi connectivity index (χ0n) is 9.38. The molecule has 0 saturated heterocycles. The Bertz CT molecular complexity index is 477. The zero-order valence-corrected chi connectivity index (χ0v) is 9.38. The van der Waals surface area contributed by atoms with Gasteiger partial charge in [-0.1, -0.05) is 24.3 Å². The van der Waals surface area contributed by atoms with Gasteiger partial charge in [0.25, 0.3) is 0 Å². The molecule has 0 radical (unpaired) electrons. The lowest BCUT2D eigenvalue weighted by atomic mass is 10.00. The van der Waals surface area contributed by atoms with Crippen LogP contribution < -0.4 is 5.73 Å². The van der Waals surface area contributed by atoms with E-state index in [1.54, 1.807) is 24.3 Å². The first-order chi connectivity index (χ1) is 8.15. The minimum Gasteiger partial charge on any atom is -0.508 e. The van der Waals surface area contributed by atoms with Crippen LogP contribution in [0, 0.1) is 0 Å². The molecule has 3 nitrogen and oxygen atoms in total. The van der Waals surface area contributed by atoms with Crippen LogP contribution in [0.25, 0.3) is 0 Å². The molecule has 2 aromatic rings. The maximum atomic E-state index is 9.19. The van der Waals surface area contributed by atoms with Gasteiger partial charge in [-0.25, -0.2) is 0 Å². The van der Waals surface area contributed by atoms with Gasteiger partial charge < -0.3 is 15.9 Å². The van der Waals surface area contributed by atoms with E-state index in [9.17, 15) is 10.2 Å². The summed E-state index contributed by atoms with van der Waals surface area (Å²) in [5, 5.41) is 18.4. The predicted molar refractivity (Wildman–Crippen MR) is 66.8 cm³/mol. The van der Waals surface area contributed by atoms with Crippen molar-refractivity contribution in [1.82, 2.24) is 0 Å². The smallest absolute Gasteiger partial charge is 0.115 e. The standard InChI is InChI=1S/C14H15NO2/c15-14(11-3-7-13(17)8-4-11)9-10-1-5-12(16)6-2-10/h1-8,14,16-17H,9,15H2/t14-/m1/s1. The van der Waals surface area contributed by atoms with E-state index in [-0.39, 0.29) is 17.5 Å². The summed E-state index contributed by atoms with van der Waals surface area (Å²) in [4.78, 5) is 0. The van der Waals surface area contributed by atoms with Gasteiger partial charge in [-0.2, -0.15) is 0 Å². The Morgan fingerprint density at radius 3 is 1.82 bits per heavy atom. The molecule has 88 valence electrons. The minimum absolute atomic E-state index is 0.111. The zero-order chi connectivity index (χ0) is 12.3. The van der Waals surface area contributed by atoms with Crippen LogP contribution in [-0.4, -0.2) is 10.2 Å². The fourth-order valence-corrected chi connectivity index (χ4v) is 1.73. The van der Waals surface area contributed by atoms with Gasteiger partial charge in [-0.3, -0.25) is 0 Å².